The minimum Gasteiger partial charge on any atom is -0.390 e. The van der Waals surface area contributed by atoms with E-state index in [9.17, 15) is 0 Å². The molecule has 0 saturated carbocycles. The van der Waals surface area contributed by atoms with Gasteiger partial charge in [-0.2, -0.15) is 0 Å². The number of rotatable bonds is 4. The maximum Gasteiger partial charge on any atom is 0.134 e. The molecule has 0 rings (SSSR count). The molecule has 0 aromatic rings. The first-order valence-electron chi connectivity index (χ1n) is 3.27. The largest absolute Gasteiger partial charge is 0.390 e. The predicted octanol–water partition coefficient (Wildman–Crippen LogP) is 2.07. The molecule has 0 unspecified atom stereocenters. The molecule has 0 aromatic carbocycles. The second-order valence-electron chi connectivity index (χ2n) is 2.35. The second-order valence-corrected chi connectivity index (χ2v) is 2.35. The van der Waals surface area contributed by atoms with Crippen molar-refractivity contribution in [3.8, 4) is 0 Å². The zero-order valence-electron chi connectivity index (χ0n) is 6.35. The normalized spacial score (nSPS) is 11.0. The van der Waals surface area contributed by atoms with Gasteiger partial charge in [0.1, 0.15) is 5.60 Å². The Hall–Kier alpha value is -0.530. The highest BCUT2D eigenvalue weighted by Crippen LogP contribution is 2.18. The Morgan fingerprint density at radius 3 is 2.00 bits per heavy atom. The van der Waals surface area contributed by atoms with Crippen molar-refractivity contribution in [3.63, 3.8) is 0 Å². The molecule has 9 heavy (non-hydrogen) atoms. The van der Waals surface area contributed by atoms with Gasteiger partial charge in [-0.3, -0.25) is 0 Å². The summed E-state index contributed by atoms with van der Waals surface area (Å²) in [6.45, 7) is 11.0. The molecule has 0 fully saturated rings. The van der Waals surface area contributed by atoms with E-state index in [-0.39, 0.29) is 5.60 Å². The molecule has 53 valence electrons. The van der Waals surface area contributed by atoms with Crippen LogP contribution < -0.4 is 0 Å². The summed E-state index contributed by atoms with van der Waals surface area (Å²) in [5, 5.41) is 3.15. The smallest absolute Gasteiger partial charge is 0.134 e. The van der Waals surface area contributed by atoms with E-state index in [4.69, 9.17) is 11.6 Å². The summed E-state index contributed by atoms with van der Waals surface area (Å²) < 4.78 is 0. The molecule has 0 N–H and O–H groups in total. The number of hydrogen-bond acceptors (Lipinski definition) is 2. The summed E-state index contributed by atoms with van der Waals surface area (Å²) in [5.74, 6) is 0. The molecule has 0 atom stereocenters. The lowest BCUT2D eigenvalue weighted by atomic mass is 10.0. The Kier molecular flexibility index (Phi) is 3.28. The first kappa shape index (κ1) is 8.47. The van der Waals surface area contributed by atoms with Crippen LogP contribution in [0.25, 0.3) is 0 Å². The molecule has 0 saturated heterocycles. The molecule has 2 heteroatoms. The zero-order chi connectivity index (χ0) is 7.33. The lowest BCUT2D eigenvalue weighted by Gasteiger charge is -2.22. The monoisotopic (exact) mass is 128 g/mol. The van der Waals surface area contributed by atoms with Crippen LogP contribution in [-0.2, 0) is 4.84 Å². The fraction of sp³-hybridized carbons (Fsp3) is 0.857. The SMILES string of the molecule is [CH]=NOC(C)(CC)CC. The van der Waals surface area contributed by atoms with Crippen LogP contribution in [0.3, 0.4) is 0 Å². The third kappa shape index (κ3) is 2.49. The molecule has 0 aromatic heterocycles. The van der Waals surface area contributed by atoms with Crippen molar-refractivity contribution in [3.05, 3.63) is 0 Å². The van der Waals surface area contributed by atoms with Gasteiger partial charge in [-0.1, -0.05) is 19.0 Å². The van der Waals surface area contributed by atoms with E-state index in [0.29, 0.717) is 0 Å². The molecule has 0 heterocycles. The Bertz CT molecular complexity index is 86.9. The Labute approximate surface area is 56.9 Å². The van der Waals surface area contributed by atoms with Gasteiger partial charge in [-0.25, -0.2) is 0 Å². The lowest BCUT2D eigenvalue weighted by Crippen LogP contribution is -2.23. The van der Waals surface area contributed by atoms with E-state index in [2.05, 4.69) is 19.0 Å². The molecular formula is C7H14NO. The highest BCUT2D eigenvalue weighted by atomic mass is 16.6. The maximum atomic E-state index is 4.93. The van der Waals surface area contributed by atoms with Gasteiger partial charge in [0.2, 0.25) is 0 Å². The minimum absolute atomic E-state index is 0.158. The van der Waals surface area contributed by atoms with Gasteiger partial charge in [-0.15, -0.1) is 0 Å². The van der Waals surface area contributed by atoms with Crippen LogP contribution in [0.15, 0.2) is 5.16 Å². The van der Waals surface area contributed by atoms with Gasteiger partial charge in [0.15, 0.2) is 0 Å². The second kappa shape index (κ2) is 3.49. The van der Waals surface area contributed by atoms with Crippen LogP contribution in [-0.4, -0.2) is 12.3 Å². The summed E-state index contributed by atoms with van der Waals surface area (Å²) in [5.41, 5.74) is -0.158. The van der Waals surface area contributed by atoms with Crippen LogP contribution >= 0.6 is 0 Å². The summed E-state index contributed by atoms with van der Waals surface area (Å²) in [6.07, 6.45) is 1.87. The van der Waals surface area contributed by atoms with E-state index in [1.54, 1.807) is 0 Å². The first-order chi connectivity index (χ1) is 4.18. The molecule has 2 nitrogen and oxygen atoms in total. The van der Waals surface area contributed by atoms with Gasteiger partial charge in [-0.05, 0) is 19.8 Å². The van der Waals surface area contributed by atoms with Crippen molar-refractivity contribution in [2.45, 2.75) is 39.2 Å². The van der Waals surface area contributed by atoms with Crippen LogP contribution in [0, 0.1) is 0 Å². The molecular weight excluding hydrogens is 114 g/mol. The molecule has 0 aliphatic rings. The highest BCUT2D eigenvalue weighted by Gasteiger charge is 2.20. The summed E-state index contributed by atoms with van der Waals surface area (Å²) in [6, 6.07) is 0. The molecule has 0 amide bonds. The van der Waals surface area contributed by atoms with Crippen LogP contribution in [0.5, 0.6) is 0 Å². The molecule has 0 spiro atoms. The first-order valence-corrected chi connectivity index (χ1v) is 3.27. The Balaban J connectivity index is 3.75. The molecule has 0 bridgehead atoms. The standard InChI is InChI=1S/C7H14NO/c1-5-7(3,6-2)9-8-4/h4H,5-6H2,1-3H3. The average molecular weight is 128 g/mol. The zero-order valence-corrected chi connectivity index (χ0v) is 6.35. The molecule has 1 radical (unpaired) electrons. The van der Waals surface area contributed by atoms with E-state index >= 15 is 0 Å². The van der Waals surface area contributed by atoms with Crippen molar-refractivity contribution in [2.75, 3.05) is 0 Å². The Morgan fingerprint density at radius 1 is 1.44 bits per heavy atom. The van der Waals surface area contributed by atoms with Crippen molar-refractivity contribution in [2.24, 2.45) is 5.16 Å². The molecule has 0 aliphatic heterocycles. The van der Waals surface area contributed by atoms with Crippen molar-refractivity contribution >= 4 is 6.72 Å². The van der Waals surface area contributed by atoms with E-state index in [0.717, 1.165) is 12.8 Å². The van der Waals surface area contributed by atoms with Crippen molar-refractivity contribution in [1.82, 2.24) is 0 Å². The van der Waals surface area contributed by atoms with Gasteiger partial charge >= 0.3 is 0 Å². The van der Waals surface area contributed by atoms with E-state index in [1.807, 2.05) is 6.92 Å². The van der Waals surface area contributed by atoms with E-state index in [1.165, 1.54) is 0 Å². The van der Waals surface area contributed by atoms with Crippen molar-refractivity contribution in [1.29, 1.82) is 0 Å². The third-order valence-corrected chi connectivity index (χ3v) is 1.77. The minimum atomic E-state index is -0.158. The topological polar surface area (TPSA) is 21.6 Å². The van der Waals surface area contributed by atoms with Gasteiger partial charge in [0.05, 0.1) is 6.72 Å². The summed E-state index contributed by atoms with van der Waals surface area (Å²) in [7, 11) is 0. The third-order valence-electron chi connectivity index (χ3n) is 1.77. The van der Waals surface area contributed by atoms with E-state index < -0.39 is 0 Å². The highest BCUT2D eigenvalue weighted by molar-refractivity contribution is 5.21. The van der Waals surface area contributed by atoms with Crippen LogP contribution in [0.4, 0.5) is 0 Å². The summed E-state index contributed by atoms with van der Waals surface area (Å²) in [4.78, 5) is 4.93. The average Bonchev–Trinajstić information content (AvgIpc) is 1.89. The predicted molar refractivity (Wildman–Crippen MR) is 38.6 cm³/mol. The maximum absolute atomic E-state index is 4.93. The number of nitrogens with zero attached hydrogens (tertiary/aromatic N) is 1. The van der Waals surface area contributed by atoms with Gasteiger partial charge in [0.25, 0.3) is 0 Å². The van der Waals surface area contributed by atoms with Crippen molar-refractivity contribution < 1.29 is 4.84 Å². The fourth-order valence-electron chi connectivity index (χ4n) is 0.506. The quantitative estimate of drug-likeness (QED) is 0.419. The summed E-state index contributed by atoms with van der Waals surface area (Å²) >= 11 is 0. The fourth-order valence-corrected chi connectivity index (χ4v) is 0.506. The number of hydrogen-bond donors (Lipinski definition) is 0. The van der Waals surface area contributed by atoms with Gasteiger partial charge in [0, 0.05) is 0 Å². The molecule has 0 aliphatic carbocycles. The Morgan fingerprint density at radius 2 is 1.89 bits per heavy atom. The van der Waals surface area contributed by atoms with Gasteiger partial charge < -0.3 is 4.84 Å². The lowest BCUT2D eigenvalue weighted by molar-refractivity contribution is -0.0329. The van der Waals surface area contributed by atoms with Crippen LogP contribution in [0.1, 0.15) is 33.6 Å². The van der Waals surface area contributed by atoms with Crippen LogP contribution in [0.2, 0.25) is 0 Å².